The van der Waals surface area contributed by atoms with Gasteiger partial charge in [0.1, 0.15) is 0 Å². The SMILES string of the molecule is C=C(/C=C(\C)C(=O)OC(C)N(C)C)C(N)=O. The van der Waals surface area contributed by atoms with E-state index in [1.807, 2.05) is 0 Å². The van der Waals surface area contributed by atoms with Crippen molar-refractivity contribution in [1.82, 2.24) is 4.90 Å². The van der Waals surface area contributed by atoms with Crippen molar-refractivity contribution in [3.05, 3.63) is 23.8 Å². The lowest BCUT2D eigenvalue weighted by Gasteiger charge is -2.19. The van der Waals surface area contributed by atoms with Crippen molar-refractivity contribution in [3.8, 4) is 0 Å². The molecule has 1 atom stereocenters. The summed E-state index contributed by atoms with van der Waals surface area (Å²) in [6.45, 7) is 6.71. The second-order valence-corrected chi connectivity index (χ2v) is 3.69. The van der Waals surface area contributed by atoms with E-state index in [1.54, 1.807) is 32.8 Å². The lowest BCUT2D eigenvalue weighted by atomic mass is 10.2. The molecule has 0 rings (SSSR count). The zero-order valence-corrected chi connectivity index (χ0v) is 10.1. The zero-order valence-electron chi connectivity index (χ0n) is 10.1. The summed E-state index contributed by atoms with van der Waals surface area (Å²) in [5.74, 6) is -1.16. The predicted octanol–water partition coefficient (Wildman–Crippen LogP) is 0.425. The number of ether oxygens (including phenoxy) is 1. The van der Waals surface area contributed by atoms with Crippen molar-refractivity contribution in [1.29, 1.82) is 0 Å². The van der Waals surface area contributed by atoms with E-state index in [0.717, 1.165) is 0 Å². The summed E-state index contributed by atoms with van der Waals surface area (Å²) in [4.78, 5) is 24.0. The fourth-order valence-electron chi connectivity index (χ4n) is 0.745. The number of rotatable bonds is 5. The number of hydrogen-bond acceptors (Lipinski definition) is 4. The topological polar surface area (TPSA) is 72.6 Å². The van der Waals surface area contributed by atoms with Crippen LogP contribution in [0.25, 0.3) is 0 Å². The number of amides is 1. The molecular formula is C11H18N2O3. The smallest absolute Gasteiger partial charge is 0.335 e. The van der Waals surface area contributed by atoms with Crippen LogP contribution in [0.4, 0.5) is 0 Å². The van der Waals surface area contributed by atoms with Crippen LogP contribution in [0.3, 0.4) is 0 Å². The molecule has 0 saturated heterocycles. The van der Waals surface area contributed by atoms with Gasteiger partial charge in [-0.1, -0.05) is 6.58 Å². The lowest BCUT2D eigenvalue weighted by Crippen LogP contribution is -2.30. The van der Waals surface area contributed by atoms with E-state index >= 15 is 0 Å². The number of nitrogens with two attached hydrogens (primary N) is 1. The summed E-state index contributed by atoms with van der Waals surface area (Å²) in [7, 11) is 3.58. The highest BCUT2D eigenvalue weighted by Gasteiger charge is 2.13. The van der Waals surface area contributed by atoms with Crippen molar-refractivity contribution in [2.24, 2.45) is 5.73 Å². The Morgan fingerprint density at radius 1 is 1.44 bits per heavy atom. The summed E-state index contributed by atoms with van der Waals surface area (Å²) in [6.07, 6.45) is 0.977. The summed E-state index contributed by atoms with van der Waals surface area (Å²) < 4.78 is 5.08. The van der Waals surface area contributed by atoms with Gasteiger partial charge in [-0.3, -0.25) is 9.69 Å². The Hall–Kier alpha value is -1.62. The second-order valence-electron chi connectivity index (χ2n) is 3.69. The van der Waals surface area contributed by atoms with Crippen LogP contribution in [0, 0.1) is 0 Å². The molecule has 5 heteroatoms. The average molecular weight is 226 g/mol. The standard InChI is InChI=1S/C11H18N2O3/c1-7(10(12)14)6-8(2)11(15)16-9(3)13(4)5/h6,9H,1H2,2-5H3,(H2,12,14)/b8-6+. The van der Waals surface area contributed by atoms with Gasteiger partial charge in [-0.25, -0.2) is 4.79 Å². The van der Waals surface area contributed by atoms with Crippen molar-refractivity contribution in [3.63, 3.8) is 0 Å². The van der Waals surface area contributed by atoms with Crippen LogP contribution in [0.2, 0.25) is 0 Å². The molecule has 0 heterocycles. The highest BCUT2D eigenvalue weighted by atomic mass is 16.6. The van der Waals surface area contributed by atoms with Gasteiger partial charge in [0, 0.05) is 11.1 Å². The van der Waals surface area contributed by atoms with Crippen molar-refractivity contribution in [2.45, 2.75) is 20.1 Å². The third-order valence-electron chi connectivity index (χ3n) is 2.03. The molecule has 90 valence electrons. The van der Waals surface area contributed by atoms with Gasteiger partial charge in [0.15, 0.2) is 6.23 Å². The van der Waals surface area contributed by atoms with Crippen molar-refractivity contribution >= 4 is 11.9 Å². The third-order valence-corrected chi connectivity index (χ3v) is 2.03. The number of primary amides is 1. The second kappa shape index (κ2) is 6.07. The van der Waals surface area contributed by atoms with Gasteiger partial charge < -0.3 is 10.5 Å². The van der Waals surface area contributed by atoms with E-state index in [2.05, 4.69) is 6.58 Å². The Morgan fingerprint density at radius 2 is 1.94 bits per heavy atom. The molecule has 0 aliphatic heterocycles. The Labute approximate surface area is 95.5 Å². The molecule has 0 fully saturated rings. The number of carbonyl (C=O) groups is 2. The number of nitrogens with zero attached hydrogens (tertiary/aromatic N) is 1. The Morgan fingerprint density at radius 3 is 2.31 bits per heavy atom. The van der Waals surface area contributed by atoms with Crippen molar-refractivity contribution < 1.29 is 14.3 Å². The van der Waals surface area contributed by atoms with E-state index in [1.165, 1.54) is 6.08 Å². The van der Waals surface area contributed by atoms with E-state index in [9.17, 15) is 9.59 Å². The summed E-state index contributed by atoms with van der Waals surface area (Å²) in [6, 6.07) is 0. The molecule has 0 aromatic rings. The largest absolute Gasteiger partial charge is 0.443 e. The Balaban J connectivity index is 4.51. The zero-order chi connectivity index (χ0) is 12.9. The maximum absolute atomic E-state index is 11.5. The molecule has 0 radical (unpaired) electrons. The minimum Gasteiger partial charge on any atom is -0.443 e. The molecule has 0 aromatic heterocycles. The first-order chi connectivity index (χ1) is 7.25. The maximum Gasteiger partial charge on any atom is 0.335 e. The quantitative estimate of drug-likeness (QED) is 0.319. The first-order valence-corrected chi connectivity index (χ1v) is 4.80. The molecule has 0 aliphatic rings. The normalized spacial score (nSPS) is 13.4. The molecule has 16 heavy (non-hydrogen) atoms. The van der Waals surface area contributed by atoms with Crippen LogP contribution in [0.1, 0.15) is 13.8 Å². The minimum atomic E-state index is -0.659. The van der Waals surface area contributed by atoms with E-state index in [0.29, 0.717) is 0 Å². The van der Waals surface area contributed by atoms with Gasteiger partial charge in [0.05, 0.1) is 0 Å². The van der Waals surface area contributed by atoms with E-state index in [4.69, 9.17) is 10.5 Å². The molecule has 5 nitrogen and oxygen atoms in total. The molecule has 1 amide bonds. The number of hydrogen-bond donors (Lipinski definition) is 1. The third kappa shape index (κ3) is 4.75. The summed E-state index contributed by atoms with van der Waals surface area (Å²) >= 11 is 0. The minimum absolute atomic E-state index is 0.0759. The van der Waals surface area contributed by atoms with Crippen LogP contribution in [-0.4, -0.2) is 37.1 Å². The number of carbonyl (C=O) groups excluding carboxylic acids is 2. The highest BCUT2D eigenvalue weighted by Crippen LogP contribution is 2.05. The van der Waals surface area contributed by atoms with Gasteiger partial charge >= 0.3 is 5.97 Å². The van der Waals surface area contributed by atoms with Crippen LogP contribution in [-0.2, 0) is 14.3 Å². The van der Waals surface area contributed by atoms with Crippen LogP contribution in [0.15, 0.2) is 23.8 Å². The molecular weight excluding hydrogens is 208 g/mol. The molecule has 0 aromatic carbocycles. The monoisotopic (exact) mass is 226 g/mol. The fraction of sp³-hybridized carbons (Fsp3) is 0.455. The number of esters is 1. The van der Waals surface area contributed by atoms with E-state index in [-0.39, 0.29) is 17.4 Å². The summed E-state index contributed by atoms with van der Waals surface area (Å²) in [5, 5.41) is 0. The fourth-order valence-corrected chi connectivity index (χ4v) is 0.745. The van der Waals surface area contributed by atoms with Gasteiger partial charge in [-0.2, -0.15) is 0 Å². The molecule has 0 spiro atoms. The van der Waals surface area contributed by atoms with Gasteiger partial charge in [0.25, 0.3) is 0 Å². The first-order valence-electron chi connectivity index (χ1n) is 4.80. The molecule has 1 unspecified atom stereocenters. The predicted molar refractivity (Wildman–Crippen MR) is 61.3 cm³/mol. The molecule has 2 N–H and O–H groups in total. The van der Waals surface area contributed by atoms with Crippen LogP contribution >= 0.6 is 0 Å². The van der Waals surface area contributed by atoms with Gasteiger partial charge in [0.2, 0.25) is 5.91 Å². The molecule has 0 saturated carbocycles. The van der Waals surface area contributed by atoms with Gasteiger partial charge in [-0.05, 0) is 34.0 Å². The Bertz CT molecular complexity index is 332. The lowest BCUT2D eigenvalue weighted by molar-refractivity contribution is -0.150. The van der Waals surface area contributed by atoms with Gasteiger partial charge in [-0.15, -0.1) is 0 Å². The highest BCUT2D eigenvalue weighted by molar-refractivity contribution is 5.97. The average Bonchev–Trinajstić information content (AvgIpc) is 2.16. The first kappa shape index (κ1) is 14.4. The Kier molecular flexibility index (Phi) is 5.46. The van der Waals surface area contributed by atoms with Crippen molar-refractivity contribution in [2.75, 3.05) is 14.1 Å². The molecule has 0 bridgehead atoms. The van der Waals surface area contributed by atoms with E-state index < -0.39 is 11.9 Å². The maximum atomic E-state index is 11.5. The summed E-state index contributed by atoms with van der Waals surface area (Å²) in [5.41, 5.74) is 5.36. The van der Waals surface area contributed by atoms with Crippen LogP contribution < -0.4 is 5.73 Å². The van der Waals surface area contributed by atoms with Crippen LogP contribution in [0.5, 0.6) is 0 Å². The molecule has 0 aliphatic carbocycles.